The van der Waals surface area contributed by atoms with E-state index in [1.807, 2.05) is 31.2 Å². The van der Waals surface area contributed by atoms with Crippen molar-refractivity contribution in [3.8, 4) is 11.5 Å². The summed E-state index contributed by atoms with van der Waals surface area (Å²) in [7, 11) is 1.59. The Bertz CT molecular complexity index is 537. The number of nitrogens with zero attached hydrogens (tertiary/aromatic N) is 2. The van der Waals surface area contributed by atoms with Crippen LogP contribution in [0.5, 0.6) is 0 Å². The van der Waals surface area contributed by atoms with Crippen molar-refractivity contribution >= 4 is 17.7 Å². The van der Waals surface area contributed by atoms with Gasteiger partial charge in [0.15, 0.2) is 0 Å². The van der Waals surface area contributed by atoms with Gasteiger partial charge >= 0.3 is 0 Å². The van der Waals surface area contributed by atoms with Crippen LogP contribution in [0, 0.1) is 6.92 Å². The van der Waals surface area contributed by atoms with Crippen LogP contribution in [0.25, 0.3) is 11.5 Å². The Morgan fingerprint density at radius 2 is 2.06 bits per heavy atom. The molecule has 1 aromatic carbocycles. The first-order valence-electron chi connectivity index (χ1n) is 5.43. The Hall–Kier alpha value is -1.82. The van der Waals surface area contributed by atoms with Crippen molar-refractivity contribution in [3.05, 3.63) is 29.8 Å². The lowest BCUT2D eigenvalue weighted by Crippen LogP contribution is -2.19. The fourth-order valence-corrected chi connectivity index (χ4v) is 1.92. The molecule has 0 fully saturated rings. The number of hydrogen-bond acceptors (Lipinski definition) is 5. The summed E-state index contributed by atoms with van der Waals surface area (Å²) in [6.45, 7) is 2.02. The van der Waals surface area contributed by atoms with Crippen LogP contribution in [0.15, 0.2) is 33.9 Å². The number of benzene rings is 1. The molecular formula is C12H13N3O2S. The summed E-state index contributed by atoms with van der Waals surface area (Å²) < 4.78 is 5.47. The van der Waals surface area contributed by atoms with Crippen LogP contribution in [-0.2, 0) is 4.79 Å². The van der Waals surface area contributed by atoms with Crippen LogP contribution in [0.4, 0.5) is 0 Å². The fraction of sp³-hybridized carbons (Fsp3) is 0.250. The maximum absolute atomic E-state index is 11.1. The van der Waals surface area contributed by atoms with Gasteiger partial charge in [0.1, 0.15) is 0 Å². The number of hydrogen-bond donors (Lipinski definition) is 1. The van der Waals surface area contributed by atoms with Gasteiger partial charge in [-0.15, -0.1) is 10.2 Å². The van der Waals surface area contributed by atoms with Gasteiger partial charge in [0.2, 0.25) is 11.8 Å². The second-order valence-corrected chi connectivity index (χ2v) is 4.63. The monoisotopic (exact) mass is 263 g/mol. The second kappa shape index (κ2) is 5.68. The maximum Gasteiger partial charge on any atom is 0.277 e. The van der Waals surface area contributed by atoms with Gasteiger partial charge in [-0.1, -0.05) is 29.5 Å². The molecule has 0 spiro atoms. The van der Waals surface area contributed by atoms with Crippen molar-refractivity contribution in [3.63, 3.8) is 0 Å². The van der Waals surface area contributed by atoms with Crippen molar-refractivity contribution < 1.29 is 9.21 Å². The first-order valence-corrected chi connectivity index (χ1v) is 6.41. The van der Waals surface area contributed by atoms with Crippen molar-refractivity contribution in [1.82, 2.24) is 15.5 Å². The standard InChI is InChI=1S/C12H13N3O2S/c1-8-3-5-9(6-4-8)11-14-15-12(17-11)18-7-10(16)13-2/h3-6H,7H2,1-2H3,(H,13,16). The second-order valence-electron chi connectivity index (χ2n) is 3.70. The molecule has 94 valence electrons. The first-order chi connectivity index (χ1) is 8.69. The Kier molecular flexibility index (Phi) is 3.99. The number of aryl methyl sites for hydroxylation is 1. The Balaban J connectivity index is 2.06. The topological polar surface area (TPSA) is 68.0 Å². The molecule has 1 N–H and O–H groups in total. The van der Waals surface area contributed by atoms with E-state index in [1.54, 1.807) is 7.05 Å². The summed E-state index contributed by atoms with van der Waals surface area (Å²) in [6, 6.07) is 7.82. The highest BCUT2D eigenvalue weighted by Crippen LogP contribution is 2.23. The molecule has 6 heteroatoms. The van der Waals surface area contributed by atoms with E-state index in [4.69, 9.17) is 4.42 Å². The zero-order valence-corrected chi connectivity index (χ0v) is 11.0. The fourth-order valence-electron chi connectivity index (χ4n) is 1.28. The van der Waals surface area contributed by atoms with E-state index in [9.17, 15) is 4.79 Å². The summed E-state index contributed by atoms with van der Waals surface area (Å²) in [5.74, 6) is 0.663. The van der Waals surface area contributed by atoms with E-state index in [-0.39, 0.29) is 11.7 Å². The van der Waals surface area contributed by atoms with Crippen molar-refractivity contribution in [2.75, 3.05) is 12.8 Å². The number of carbonyl (C=O) groups excluding carboxylic acids is 1. The number of nitrogens with one attached hydrogen (secondary N) is 1. The summed E-state index contributed by atoms with van der Waals surface area (Å²) >= 11 is 1.22. The lowest BCUT2D eigenvalue weighted by atomic mass is 10.1. The van der Waals surface area contributed by atoms with E-state index in [0.717, 1.165) is 5.56 Å². The summed E-state index contributed by atoms with van der Waals surface area (Å²) in [6.07, 6.45) is 0. The normalized spacial score (nSPS) is 10.3. The van der Waals surface area contributed by atoms with Crippen molar-refractivity contribution in [2.45, 2.75) is 12.1 Å². The maximum atomic E-state index is 11.1. The highest BCUT2D eigenvalue weighted by Gasteiger charge is 2.10. The summed E-state index contributed by atoms with van der Waals surface area (Å²) in [5.41, 5.74) is 2.05. The Labute approximate surface area is 109 Å². The van der Waals surface area contributed by atoms with E-state index < -0.39 is 0 Å². The zero-order valence-electron chi connectivity index (χ0n) is 10.1. The molecule has 1 amide bonds. The highest BCUT2D eigenvalue weighted by atomic mass is 32.2. The highest BCUT2D eigenvalue weighted by molar-refractivity contribution is 7.99. The largest absolute Gasteiger partial charge is 0.411 e. The molecule has 0 saturated carbocycles. The molecule has 0 unspecified atom stereocenters. The zero-order chi connectivity index (χ0) is 13.0. The minimum atomic E-state index is -0.0740. The molecule has 1 aromatic heterocycles. The first kappa shape index (κ1) is 12.6. The quantitative estimate of drug-likeness (QED) is 0.853. The van der Waals surface area contributed by atoms with Gasteiger partial charge in [0, 0.05) is 12.6 Å². The van der Waals surface area contributed by atoms with Crippen LogP contribution in [0.3, 0.4) is 0 Å². The van der Waals surface area contributed by atoms with Gasteiger partial charge in [-0.2, -0.15) is 0 Å². The molecule has 2 aromatic rings. The minimum absolute atomic E-state index is 0.0740. The van der Waals surface area contributed by atoms with E-state index in [2.05, 4.69) is 15.5 Å². The molecule has 0 saturated heterocycles. The van der Waals surface area contributed by atoms with Crippen LogP contribution in [0.1, 0.15) is 5.56 Å². The van der Waals surface area contributed by atoms with E-state index in [0.29, 0.717) is 11.1 Å². The summed E-state index contributed by atoms with van der Waals surface area (Å²) in [5, 5.41) is 10.8. The number of carbonyl (C=O) groups is 1. The van der Waals surface area contributed by atoms with Crippen molar-refractivity contribution in [2.24, 2.45) is 0 Å². The SMILES string of the molecule is CNC(=O)CSc1nnc(-c2ccc(C)cc2)o1. The lowest BCUT2D eigenvalue weighted by molar-refractivity contribution is -0.118. The predicted molar refractivity (Wildman–Crippen MR) is 69.3 cm³/mol. The van der Waals surface area contributed by atoms with Crippen LogP contribution >= 0.6 is 11.8 Å². The lowest BCUT2D eigenvalue weighted by Gasteiger charge is -1.96. The molecule has 0 radical (unpaired) electrons. The van der Waals surface area contributed by atoms with Crippen molar-refractivity contribution in [1.29, 1.82) is 0 Å². The average molecular weight is 263 g/mol. The Morgan fingerprint density at radius 3 is 2.72 bits per heavy atom. The number of aromatic nitrogens is 2. The molecule has 0 bridgehead atoms. The van der Waals surface area contributed by atoms with Crippen LogP contribution < -0.4 is 5.32 Å². The van der Waals surface area contributed by atoms with Gasteiger partial charge < -0.3 is 9.73 Å². The Morgan fingerprint density at radius 1 is 1.33 bits per heavy atom. The molecule has 0 atom stereocenters. The molecule has 18 heavy (non-hydrogen) atoms. The van der Waals surface area contributed by atoms with E-state index in [1.165, 1.54) is 17.3 Å². The molecule has 0 aliphatic carbocycles. The number of rotatable bonds is 4. The van der Waals surface area contributed by atoms with Gasteiger partial charge in [0.25, 0.3) is 5.22 Å². The average Bonchev–Trinajstić information content (AvgIpc) is 2.85. The molecule has 2 rings (SSSR count). The third-order valence-corrected chi connectivity index (χ3v) is 3.13. The molecule has 1 heterocycles. The third kappa shape index (κ3) is 3.10. The smallest absolute Gasteiger partial charge is 0.277 e. The van der Waals surface area contributed by atoms with Gasteiger partial charge in [0.05, 0.1) is 5.75 Å². The minimum Gasteiger partial charge on any atom is -0.411 e. The molecule has 5 nitrogen and oxygen atoms in total. The summed E-state index contributed by atoms with van der Waals surface area (Å²) in [4.78, 5) is 11.1. The van der Waals surface area contributed by atoms with Gasteiger partial charge in [-0.05, 0) is 19.1 Å². The van der Waals surface area contributed by atoms with Crippen LogP contribution in [0.2, 0.25) is 0 Å². The van der Waals surface area contributed by atoms with Crippen LogP contribution in [-0.4, -0.2) is 28.9 Å². The molecular weight excluding hydrogens is 250 g/mol. The molecule has 0 aliphatic heterocycles. The third-order valence-electron chi connectivity index (χ3n) is 2.31. The predicted octanol–water partition coefficient (Wildman–Crippen LogP) is 1.88. The molecule has 0 aliphatic rings. The van der Waals surface area contributed by atoms with Gasteiger partial charge in [-0.25, -0.2) is 0 Å². The van der Waals surface area contributed by atoms with Gasteiger partial charge in [-0.3, -0.25) is 4.79 Å². The number of amides is 1. The number of thioether (sulfide) groups is 1. The van der Waals surface area contributed by atoms with E-state index >= 15 is 0 Å².